The largest absolute Gasteiger partial charge is 0.490 e. The van der Waals surface area contributed by atoms with E-state index in [4.69, 9.17) is 18.9 Å². The number of amides is 3. The van der Waals surface area contributed by atoms with Crippen molar-refractivity contribution in [3.8, 4) is 22.6 Å². The molecule has 3 heterocycles. The Balaban J connectivity index is 1.10. The number of anilines is 1. The average molecular weight is 801 g/mol. The van der Waals surface area contributed by atoms with E-state index < -0.39 is 11.2 Å². The molecule has 0 N–H and O–H groups in total. The number of likely N-dealkylation sites (tertiary alicyclic amines) is 2. The van der Waals surface area contributed by atoms with E-state index in [0.29, 0.717) is 94.4 Å². The summed E-state index contributed by atoms with van der Waals surface area (Å²) in [5.41, 5.74) is 3.05. The molecule has 12 heteroatoms. The minimum atomic E-state index is -0.581. The van der Waals surface area contributed by atoms with Crippen molar-refractivity contribution in [1.82, 2.24) is 14.7 Å². The van der Waals surface area contributed by atoms with E-state index in [9.17, 15) is 18.8 Å². The number of hydrogen-bond acceptors (Lipinski definition) is 8. The molecule has 1 atom stereocenters. The molecule has 3 fully saturated rings. The van der Waals surface area contributed by atoms with Crippen LogP contribution in [0.15, 0.2) is 60.7 Å². The van der Waals surface area contributed by atoms with Gasteiger partial charge in [-0.15, -0.1) is 0 Å². The highest BCUT2D eigenvalue weighted by atomic mass is 19.1. The Labute approximate surface area is 343 Å². The van der Waals surface area contributed by atoms with Gasteiger partial charge in [0.1, 0.15) is 40.7 Å². The van der Waals surface area contributed by atoms with Gasteiger partial charge in [-0.2, -0.15) is 0 Å². The van der Waals surface area contributed by atoms with Gasteiger partial charge in [-0.3, -0.25) is 4.79 Å². The first kappa shape index (κ1) is 42.6. The third-order valence-electron chi connectivity index (χ3n) is 10.6. The molecular formula is C46H61FN4O7. The van der Waals surface area contributed by atoms with Crippen molar-refractivity contribution >= 4 is 23.8 Å². The molecule has 3 amide bonds. The number of halogens is 1. The van der Waals surface area contributed by atoms with Gasteiger partial charge in [0.25, 0.3) is 5.91 Å². The van der Waals surface area contributed by atoms with Gasteiger partial charge in [0.15, 0.2) is 0 Å². The van der Waals surface area contributed by atoms with Crippen molar-refractivity contribution in [1.29, 1.82) is 0 Å². The molecule has 11 nitrogen and oxygen atoms in total. The Morgan fingerprint density at radius 3 is 1.81 bits per heavy atom. The minimum absolute atomic E-state index is 0.0160. The summed E-state index contributed by atoms with van der Waals surface area (Å²) in [7, 11) is 0. The molecule has 0 spiro atoms. The Kier molecular flexibility index (Phi) is 12.5. The predicted molar refractivity (Wildman–Crippen MR) is 223 cm³/mol. The van der Waals surface area contributed by atoms with E-state index in [1.807, 2.05) is 75.6 Å². The second kappa shape index (κ2) is 17.1. The molecule has 0 unspecified atom stereocenters. The molecule has 0 saturated carbocycles. The van der Waals surface area contributed by atoms with Crippen LogP contribution in [0.25, 0.3) is 11.1 Å². The summed E-state index contributed by atoms with van der Waals surface area (Å²) in [6, 6.07) is 18.7. The SMILES string of the molecule is CC(C)(C)OC(=O)N1CCN(c2cc(F)cc(OC3CCN(C(=O)c4ccc(O[C@H]5CCN(C(=O)OC(C)(C)C)C5)c(-c5ccc(C(C)(C)C)cc5)c4)CC3)c2)CC1. The fourth-order valence-electron chi connectivity index (χ4n) is 7.46. The number of carbonyl (C=O) groups excluding carboxylic acids is 3. The molecule has 3 aliphatic rings. The van der Waals surface area contributed by atoms with E-state index in [0.717, 1.165) is 11.1 Å². The number of piperazine rings is 1. The highest BCUT2D eigenvalue weighted by Gasteiger charge is 2.33. The van der Waals surface area contributed by atoms with E-state index in [1.54, 1.807) is 9.80 Å². The topological polar surface area (TPSA) is 101 Å². The van der Waals surface area contributed by atoms with Crippen molar-refractivity contribution in [2.24, 2.45) is 0 Å². The fourth-order valence-corrected chi connectivity index (χ4v) is 7.46. The lowest BCUT2D eigenvalue weighted by Crippen LogP contribution is -2.50. The number of piperidine rings is 1. The lowest BCUT2D eigenvalue weighted by atomic mass is 9.86. The lowest BCUT2D eigenvalue weighted by Gasteiger charge is -2.37. The zero-order valence-electron chi connectivity index (χ0n) is 35.7. The number of nitrogens with zero attached hydrogens (tertiary/aromatic N) is 4. The number of rotatable bonds is 7. The molecule has 3 saturated heterocycles. The van der Waals surface area contributed by atoms with Crippen LogP contribution in [0.3, 0.4) is 0 Å². The predicted octanol–water partition coefficient (Wildman–Crippen LogP) is 8.92. The summed E-state index contributed by atoms with van der Waals surface area (Å²) >= 11 is 0. The van der Waals surface area contributed by atoms with Crippen molar-refractivity contribution < 1.29 is 37.7 Å². The molecule has 0 radical (unpaired) electrons. The van der Waals surface area contributed by atoms with Crippen molar-refractivity contribution in [3.63, 3.8) is 0 Å². The first-order valence-electron chi connectivity index (χ1n) is 20.6. The van der Waals surface area contributed by atoms with Crippen LogP contribution in [0.5, 0.6) is 11.5 Å². The van der Waals surface area contributed by atoms with Gasteiger partial charge in [-0.1, -0.05) is 45.0 Å². The van der Waals surface area contributed by atoms with Crippen LogP contribution in [0.4, 0.5) is 19.7 Å². The molecule has 0 aliphatic carbocycles. The summed E-state index contributed by atoms with van der Waals surface area (Å²) in [4.78, 5) is 46.6. The summed E-state index contributed by atoms with van der Waals surface area (Å²) in [5.74, 6) is 0.637. The summed E-state index contributed by atoms with van der Waals surface area (Å²) < 4.78 is 38.9. The van der Waals surface area contributed by atoms with Crippen LogP contribution in [-0.2, 0) is 14.9 Å². The normalized spacial score (nSPS) is 18.3. The minimum Gasteiger partial charge on any atom is -0.490 e. The summed E-state index contributed by atoms with van der Waals surface area (Å²) in [6.07, 6.45) is 0.787. The second-order valence-corrected chi connectivity index (χ2v) is 18.7. The highest BCUT2D eigenvalue weighted by Crippen LogP contribution is 2.36. The van der Waals surface area contributed by atoms with Gasteiger partial charge >= 0.3 is 12.2 Å². The lowest BCUT2D eigenvalue weighted by molar-refractivity contribution is 0.0237. The summed E-state index contributed by atoms with van der Waals surface area (Å²) in [6.45, 7) is 21.6. The van der Waals surface area contributed by atoms with Crippen LogP contribution in [0.1, 0.15) is 97.5 Å². The zero-order valence-corrected chi connectivity index (χ0v) is 35.7. The molecule has 3 aromatic rings. The first-order valence-corrected chi connectivity index (χ1v) is 20.6. The van der Waals surface area contributed by atoms with Gasteiger partial charge in [-0.25, -0.2) is 14.0 Å². The van der Waals surface area contributed by atoms with Crippen LogP contribution < -0.4 is 14.4 Å². The van der Waals surface area contributed by atoms with Gasteiger partial charge in [0.05, 0.1) is 6.54 Å². The molecular weight excluding hydrogens is 740 g/mol. The van der Waals surface area contributed by atoms with Crippen LogP contribution in [-0.4, -0.2) is 109 Å². The van der Waals surface area contributed by atoms with Gasteiger partial charge < -0.3 is 38.5 Å². The van der Waals surface area contributed by atoms with Crippen molar-refractivity contribution in [3.05, 3.63) is 77.6 Å². The number of benzene rings is 3. The smallest absolute Gasteiger partial charge is 0.410 e. The number of ether oxygens (including phenoxy) is 4. The fraction of sp³-hybridized carbons (Fsp3) is 0.543. The Morgan fingerprint density at radius 1 is 0.621 bits per heavy atom. The Morgan fingerprint density at radius 2 is 1.21 bits per heavy atom. The molecule has 3 aromatic carbocycles. The molecule has 3 aliphatic heterocycles. The van der Waals surface area contributed by atoms with Crippen molar-refractivity contribution in [2.45, 2.75) is 110 Å². The van der Waals surface area contributed by atoms with Gasteiger partial charge in [0.2, 0.25) is 0 Å². The molecule has 314 valence electrons. The monoisotopic (exact) mass is 800 g/mol. The maximum atomic E-state index is 14.9. The molecule has 58 heavy (non-hydrogen) atoms. The van der Waals surface area contributed by atoms with Crippen LogP contribution in [0, 0.1) is 5.82 Å². The third kappa shape index (κ3) is 11.1. The van der Waals surface area contributed by atoms with Crippen LogP contribution >= 0.6 is 0 Å². The van der Waals surface area contributed by atoms with Crippen molar-refractivity contribution in [2.75, 3.05) is 57.3 Å². The number of carbonyl (C=O) groups is 3. The average Bonchev–Trinajstić information content (AvgIpc) is 3.62. The summed E-state index contributed by atoms with van der Waals surface area (Å²) in [5, 5.41) is 0. The molecule has 0 bridgehead atoms. The van der Waals surface area contributed by atoms with E-state index in [1.165, 1.54) is 17.7 Å². The molecule has 6 rings (SSSR count). The highest BCUT2D eigenvalue weighted by molar-refractivity contribution is 5.96. The maximum absolute atomic E-state index is 14.9. The standard InChI is InChI=1S/C46H61FN4O7/c1-44(2,3)33-13-10-31(11-14-33)39-26-32(12-15-40(39)56-37-18-21-51(30-37)43(54)58-46(7,8)9)41(52)49-19-16-36(17-20-49)55-38-28-34(47)27-35(29-38)48-22-24-50(25-23-48)42(53)57-45(4,5)6/h10-15,26-29,36-37H,16-25,30H2,1-9H3/t37-/m0/s1. The zero-order chi connectivity index (χ0) is 42.0. The van der Waals surface area contributed by atoms with E-state index >= 15 is 0 Å². The Bertz CT molecular complexity index is 1930. The van der Waals surface area contributed by atoms with Crippen LogP contribution in [0.2, 0.25) is 0 Å². The van der Waals surface area contributed by atoms with Gasteiger partial charge in [-0.05, 0) is 82.3 Å². The second-order valence-electron chi connectivity index (χ2n) is 18.7. The molecule has 0 aromatic heterocycles. The Hall–Kier alpha value is -5.00. The van der Waals surface area contributed by atoms with E-state index in [-0.39, 0.29) is 41.5 Å². The number of hydrogen-bond donors (Lipinski definition) is 0. The first-order chi connectivity index (χ1) is 27.2. The van der Waals surface area contributed by atoms with E-state index in [2.05, 4.69) is 45.0 Å². The maximum Gasteiger partial charge on any atom is 0.410 e. The quantitative estimate of drug-likeness (QED) is 0.234. The van der Waals surface area contributed by atoms with Gasteiger partial charge in [0, 0.05) is 94.0 Å². The third-order valence-corrected chi connectivity index (χ3v) is 10.6.